The normalized spacial score (nSPS) is 22.5. The molecule has 0 radical (unpaired) electrons. The number of para-hydroxylation sites is 1. The smallest absolute Gasteiger partial charge is 0.323 e. The number of benzene rings is 2. The molecule has 0 amide bonds. The predicted octanol–water partition coefficient (Wildman–Crippen LogP) is 4.37. The Morgan fingerprint density at radius 3 is 2.63 bits per heavy atom. The molecule has 0 fully saturated rings. The van der Waals surface area contributed by atoms with Gasteiger partial charge in [-0.05, 0) is 31.4 Å². The highest BCUT2D eigenvalue weighted by Gasteiger charge is 2.40. The van der Waals surface area contributed by atoms with Crippen molar-refractivity contribution < 1.29 is 14.3 Å². The average Bonchev–Trinajstić information content (AvgIpc) is 3.12. The highest BCUT2D eigenvalue weighted by Crippen LogP contribution is 2.44. The molecule has 3 atom stereocenters. The van der Waals surface area contributed by atoms with Crippen molar-refractivity contribution in [2.45, 2.75) is 50.7 Å². The third-order valence-electron chi connectivity index (χ3n) is 6.44. The number of rotatable bonds is 5. The first-order chi connectivity index (χ1) is 14.7. The van der Waals surface area contributed by atoms with Crippen LogP contribution in [0, 0.1) is 0 Å². The van der Waals surface area contributed by atoms with Gasteiger partial charge in [-0.25, -0.2) is 0 Å². The van der Waals surface area contributed by atoms with E-state index >= 15 is 0 Å². The van der Waals surface area contributed by atoms with E-state index in [2.05, 4.69) is 22.0 Å². The van der Waals surface area contributed by atoms with Gasteiger partial charge in [-0.1, -0.05) is 48.5 Å². The van der Waals surface area contributed by atoms with E-state index in [4.69, 9.17) is 4.74 Å². The van der Waals surface area contributed by atoms with Crippen LogP contribution in [-0.2, 0) is 16.0 Å². The summed E-state index contributed by atoms with van der Waals surface area (Å²) in [6.45, 7) is 2.23. The minimum atomic E-state index is -0.316. The van der Waals surface area contributed by atoms with Crippen LogP contribution in [0.25, 0.3) is 10.9 Å². The van der Waals surface area contributed by atoms with Crippen LogP contribution in [0.3, 0.4) is 0 Å². The summed E-state index contributed by atoms with van der Waals surface area (Å²) in [4.78, 5) is 25.4. The molecule has 2 aliphatic rings. The van der Waals surface area contributed by atoms with Crippen molar-refractivity contribution in [3.05, 3.63) is 71.4 Å². The fraction of sp³-hybridized carbons (Fsp3) is 0.360. The minimum absolute atomic E-state index is 0.110. The Morgan fingerprint density at radius 1 is 1.07 bits per heavy atom. The molecule has 0 spiro atoms. The monoisotopic (exact) mass is 402 g/mol. The zero-order valence-corrected chi connectivity index (χ0v) is 17.1. The van der Waals surface area contributed by atoms with Gasteiger partial charge in [0.05, 0.1) is 6.61 Å². The molecule has 0 saturated heterocycles. The Hall–Kier alpha value is -2.92. The Labute approximate surface area is 176 Å². The van der Waals surface area contributed by atoms with Crippen molar-refractivity contribution in [1.29, 1.82) is 0 Å². The van der Waals surface area contributed by atoms with E-state index < -0.39 is 0 Å². The van der Waals surface area contributed by atoms with Crippen molar-refractivity contribution in [3.8, 4) is 0 Å². The summed E-state index contributed by atoms with van der Waals surface area (Å²) in [6, 6.07) is 17.8. The van der Waals surface area contributed by atoms with Gasteiger partial charge in [-0.3, -0.25) is 14.9 Å². The number of esters is 1. The number of carbonyl (C=O) groups excluding carboxylic acids is 2. The first kappa shape index (κ1) is 19.1. The summed E-state index contributed by atoms with van der Waals surface area (Å²) < 4.78 is 7.67. The zero-order chi connectivity index (χ0) is 20.7. The van der Waals surface area contributed by atoms with Crippen molar-refractivity contribution >= 4 is 22.7 Å². The molecule has 5 heteroatoms. The van der Waals surface area contributed by atoms with E-state index in [1.54, 1.807) is 0 Å². The van der Waals surface area contributed by atoms with E-state index in [-0.39, 0.29) is 29.9 Å². The third kappa shape index (κ3) is 3.14. The number of ketones is 1. The summed E-state index contributed by atoms with van der Waals surface area (Å²) in [5, 5.41) is 4.71. The lowest BCUT2D eigenvalue weighted by Crippen LogP contribution is -2.47. The van der Waals surface area contributed by atoms with Crippen molar-refractivity contribution in [3.63, 3.8) is 0 Å². The molecule has 0 bridgehead atoms. The van der Waals surface area contributed by atoms with Crippen molar-refractivity contribution in [2.24, 2.45) is 0 Å². The molecular formula is C25H26N2O3. The van der Waals surface area contributed by atoms with Crippen LogP contribution in [0.15, 0.2) is 54.6 Å². The molecule has 1 N–H and O–H groups in total. The Balaban J connectivity index is 1.54. The fourth-order valence-corrected chi connectivity index (χ4v) is 5.17. The standard InChI is InChI=1S/C25H26N2O3/c1-2-30-25(29)21-15-19-18-10-6-7-11-22(18)27-17(12-13-20(26-21)24(19)27)14-23(28)16-8-4-3-5-9-16/h3-11,17,20-21,26H,2,12-15H2,1H3/t17-,20+,21+/m1/s1. The summed E-state index contributed by atoms with van der Waals surface area (Å²) >= 11 is 0. The van der Waals surface area contributed by atoms with Gasteiger partial charge in [-0.15, -0.1) is 0 Å². The number of hydrogen-bond acceptors (Lipinski definition) is 4. The first-order valence-corrected chi connectivity index (χ1v) is 10.8. The highest BCUT2D eigenvalue weighted by atomic mass is 16.5. The molecule has 0 saturated carbocycles. The lowest BCUT2D eigenvalue weighted by atomic mass is 9.87. The third-order valence-corrected chi connectivity index (χ3v) is 6.44. The number of nitrogens with zero attached hydrogens (tertiary/aromatic N) is 1. The van der Waals surface area contributed by atoms with Crippen LogP contribution in [0.1, 0.15) is 59.9 Å². The van der Waals surface area contributed by atoms with E-state index in [9.17, 15) is 9.59 Å². The van der Waals surface area contributed by atoms with Gasteiger partial charge < -0.3 is 9.30 Å². The second-order valence-electron chi connectivity index (χ2n) is 8.20. The summed E-state index contributed by atoms with van der Waals surface area (Å²) in [5.74, 6) is 0.000102. The first-order valence-electron chi connectivity index (χ1n) is 10.8. The topological polar surface area (TPSA) is 60.3 Å². The summed E-state index contributed by atoms with van der Waals surface area (Å²) in [6.07, 6.45) is 2.92. The van der Waals surface area contributed by atoms with Crippen molar-refractivity contribution in [1.82, 2.24) is 9.88 Å². The Morgan fingerprint density at radius 2 is 1.83 bits per heavy atom. The van der Waals surface area contributed by atoms with Gasteiger partial charge in [0.2, 0.25) is 0 Å². The number of aromatic nitrogens is 1. The van der Waals surface area contributed by atoms with E-state index in [0.29, 0.717) is 19.4 Å². The fourth-order valence-electron chi connectivity index (χ4n) is 5.17. The summed E-state index contributed by atoms with van der Waals surface area (Å²) in [7, 11) is 0. The maximum atomic E-state index is 13.0. The molecule has 5 nitrogen and oxygen atoms in total. The molecule has 2 aliphatic heterocycles. The van der Waals surface area contributed by atoms with E-state index in [1.165, 1.54) is 16.6 Å². The average molecular weight is 402 g/mol. The molecule has 0 unspecified atom stereocenters. The lowest BCUT2D eigenvalue weighted by Gasteiger charge is -2.38. The van der Waals surface area contributed by atoms with Crippen LogP contribution in [-0.4, -0.2) is 29.0 Å². The number of hydrogen-bond donors (Lipinski definition) is 1. The van der Waals surface area contributed by atoms with Gasteiger partial charge >= 0.3 is 5.97 Å². The highest BCUT2D eigenvalue weighted by molar-refractivity contribution is 5.96. The maximum absolute atomic E-state index is 13.0. The number of nitrogens with one attached hydrogen (secondary N) is 1. The largest absolute Gasteiger partial charge is 0.465 e. The number of Topliss-reactive ketones (excluding diaryl/α,β-unsaturated/α-hetero) is 1. The molecule has 3 aromatic rings. The molecule has 2 aromatic carbocycles. The molecule has 0 aliphatic carbocycles. The van der Waals surface area contributed by atoms with Gasteiger partial charge in [0.15, 0.2) is 5.78 Å². The molecule has 30 heavy (non-hydrogen) atoms. The number of ether oxygens (including phenoxy) is 1. The molecule has 5 rings (SSSR count). The van der Waals surface area contributed by atoms with Gasteiger partial charge in [0.25, 0.3) is 0 Å². The SMILES string of the molecule is CCOC(=O)[C@@H]1Cc2c3n(c4ccccc24)[C@@H](CC(=O)c2ccccc2)CC[C@@H]3N1. The second kappa shape index (κ2) is 7.73. The van der Waals surface area contributed by atoms with Crippen LogP contribution in [0.4, 0.5) is 0 Å². The maximum Gasteiger partial charge on any atom is 0.323 e. The minimum Gasteiger partial charge on any atom is -0.465 e. The zero-order valence-electron chi connectivity index (χ0n) is 17.1. The Bertz CT molecular complexity index is 1100. The van der Waals surface area contributed by atoms with Gasteiger partial charge in [0, 0.05) is 47.1 Å². The Kier molecular flexibility index (Phi) is 4.91. The van der Waals surface area contributed by atoms with E-state index in [1.807, 2.05) is 49.4 Å². The molecular weight excluding hydrogens is 376 g/mol. The molecule has 3 heterocycles. The van der Waals surface area contributed by atoms with Crippen LogP contribution < -0.4 is 5.32 Å². The lowest BCUT2D eigenvalue weighted by molar-refractivity contribution is -0.146. The number of carbonyl (C=O) groups is 2. The number of fused-ring (bicyclic) bond motifs is 3. The quantitative estimate of drug-likeness (QED) is 0.509. The van der Waals surface area contributed by atoms with Gasteiger partial charge in [0.1, 0.15) is 6.04 Å². The van der Waals surface area contributed by atoms with E-state index in [0.717, 1.165) is 23.9 Å². The predicted molar refractivity (Wildman–Crippen MR) is 116 cm³/mol. The van der Waals surface area contributed by atoms with Crippen LogP contribution >= 0.6 is 0 Å². The van der Waals surface area contributed by atoms with Gasteiger partial charge in [-0.2, -0.15) is 0 Å². The molecule has 154 valence electrons. The molecule has 1 aromatic heterocycles. The van der Waals surface area contributed by atoms with Crippen molar-refractivity contribution in [2.75, 3.05) is 6.61 Å². The summed E-state index contributed by atoms with van der Waals surface area (Å²) in [5.41, 5.74) is 4.40. The second-order valence-corrected chi connectivity index (χ2v) is 8.20. The van der Waals surface area contributed by atoms with Crippen LogP contribution in [0.2, 0.25) is 0 Å². The van der Waals surface area contributed by atoms with Crippen LogP contribution in [0.5, 0.6) is 0 Å².